The molecule has 1 N–H and O–H groups in total. The van der Waals surface area contributed by atoms with Crippen molar-refractivity contribution in [2.24, 2.45) is 0 Å². The molecule has 2 aromatic carbocycles. The molecule has 0 spiro atoms. The van der Waals surface area contributed by atoms with Gasteiger partial charge in [-0.3, -0.25) is 0 Å². The lowest BCUT2D eigenvalue weighted by molar-refractivity contribution is 0.456. The Morgan fingerprint density at radius 1 is 0.900 bits per heavy atom. The topological polar surface area (TPSA) is 12.0 Å². The summed E-state index contributed by atoms with van der Waals surface area (Å²) in [5, 5.41) is 3.68. The smallest absolute Gasteiger partial charge is 0.0294 e. The Bertz CT molecular complexity index is 501. The largest absolute Gasteiger partial charge is 0.308 e. The third-order valence-corrected chi connectivity index (χ3v) is 3.82. The molecule has 0 unspecified atom stereocenters. The van der Waals surface area contributed by atoms with E-state index in [1.807, 2.05) is 0 Å². The predicted molar refractivity (Wildman–Crippen MR) is 87.0 cm³/mol. The van der Waals surface area contributed by atoms with E-state index in [0.717, 1.165) is 6.42 Å². The SMILES string of the molecule is Cc1ccc(CC[C@@H](C)N[C@@H](C)c2ccccc2)cc1. The zero-order chi connectivity index (χ0) is 14.4. The molecule has 0 aliphatic heterocycles. The van der Waals surface area contributed by atoms with E-state index >= 15 is 0 Å². The summed E-state index contributed by atoms with van der Waals surface area (Å²) < 4.78 is 0. The van der Waals surface area contributed by atoms with Crippen LogP contribution >= 0.6 is 0 Å². The fourth-order valence-electron chi connectivity index (χ4n) is 2.49. The highest BCUT2D eigenvalue weighted by atomic mass is 14.9. The highest BCUT2D eigenvalue weighted by molar-refractivity contribution is 5.21. The molecular formula is C19H25N. The molecule has 0 aliphatic carbocycles. The molecule has 2 rings (SSSR count). The molecule has 0 amide bonds. The van der Waals surface area contributed by atoms with Crippen LogP contribution in [0.25, 0.3) is 0 Å². The van der Waals surface area contributed by atoms with Crippen molar-refractivity contribution in [1.82, 2.24) is 5.32 Å². The normalized spacial score (nSPS) is 13.9. The van der Waals surface area contributed by atoms with E-state index in [0.29, 0.717) is 12.1 Å². The maximum atomic E-state index is 3.68. The van der Waals surface area contributed by atoms with Crippen molar-refractivity contribution in [1.29, 1.82) is 0 Å². The molecule has 0 aliphatic rings. The Labute approximate surface area is 123 Å². The first-order valence-corrected chi connectivity index (χ1v) is 7.51. The van der Waals surface area contributed by atoms with Crippen LogP contribution in [-0.2, 0) is 6.42 Å². The second-order valence-electron chi connectivity index (χ2n) is 5.72. The lowest BCUT2D eigenvalue weighted by atomic mass is 10.0. The average Bonchev–Trinajstić information content (AvgIpc) is 2.47. The van der Waals surface area contributed by atoms with Crippen LogP contribution in [0.4, 0.5) is 0 Å². The van der Waals surface area contributed by atoms with Gasteiger partial charge in [0.2, 0.25) is 0 Å². The van der Waals surface area contributed by atoms with Crippen LogP contribution in [0.5, 0.6) is 0 Å². The van der Waals surface area contributed by atoms with Gasteiger partial charge in [0.25, 0.3) is 0 Å². The maximum absolute atomic E-state index is 3.68. The van der Waals surface area contributed by atoms with Gasteiger partial charge in [0.15, 0.2) is 0 Å². The second-order valence-corrected chi connectivity index (χ2v) is 5.72. The number of benzene rings is 2. The number of aryl methyl sites for hydroxylation is 2. The van der Waals surface area contributed by atoms with Gasteiger partial charge in [-0.15, -0.1) is 0 Å². The van der Waals surface area contributed by atoms with E-state index in [4.69, 9.17) is 0 Å². The van der Waals surface area contributed by atoms with Crippen LogP contribution in [0.1, 0.15) is 43.0 Å². The first-order chi connectivity index (χ1) is 9.65. The zero-order valence-electron chi connectivity index (χ0n) is 12.8. The van der Waals surface area contributed by atoms with Gasteiger partial charge in [0.05, 0.1) is 0 Å². The molecular weight excluding hydrogens is 242 g/mol. The fourth-order valence-corrected chi connectivity index (χ4v) is 2.49. The molecule has 0 saturated heterocycles. The van der Waals surface area contributed by atoms with Crippen molar-refractivity contribution in [2.75, 3.05) is 0 Å². The Hall–Kier alpha value is -1.60. The highest BCUT2D eigenvalue weighted by Gasteiger charge is 2.09. The molecule has 20 heavy (non-hydrogen) atoms. The van der Waals surface area contributed by atoms with Crippen LogP contribution in [0.3, 0.4) is 0 Å². The Morgan fingerprint density at radius 2 is 1.55 bits per heavy atom. The maximum Gasteiger partial charge on any atom is 0.0294 e. The van der Waals surface area contributed by atoms with Gasteiger partial charge >= 0.3 is 0 Å². The van der Waals surface area contributed by atoms with Crippen LogP contribution < -0.4 is 5.32 Å². The minimum absolute atomic E-state index is 0.407. The first-order valence-electron chi connectivity index (χ1n) is 7.51. The summed E-state index contributed by atoms with van der Waals surface area (Å²) in [5.74, 6) is 0. The van der Waals surface area contributed by atoms with E-state index in [1.165, 1.54) is 23.1 Å². The monoisotopic (exact) mass is 267 g/mol. The van der Waals surface area contributed by atoms with Crippen molar-refractivity contribution < 1.29 is 0 Å². The first kappa shape index (κ1) is 14.8. The second kappa shape index (κ2) is 7.25. The molecule has 2 aromatic rings. The van der Waals surface area contributed by atoms with Crippen molar-refractivity contribution in [2.45, 2.75) is 45.7 Å². The van der Waals surface area contributed by atoms with Crippen LogP contribution in [0.2, 0.25) is 0 Å². The van der Waals surface area contributed by atoms with Gasteiger partial charge in [-0.25, -0.2) is 0 Å². The van der Waals surface area contributed by atoms with Crippen LogP contribution in [0, 0.1) is 6.92 Å². The Morgan fingerprint density at radius 3 is 2.20 bits per heavy atom. The van der Waals surface area contributed by atoms with Gasteiger partial charge < -0.3 is 5.32 Å². The molecule has 1 nitrogen and oxygen atoms in total. The fraction of sp³-hybridized carbons (Fsp3) is 0.368. The summed E-state index contributed by atoms with van der Waals surface area (Å²) in [6.45, 7) is 6.64. The number of rotatable bonds is 6. The van der Waals surface area contributed by atoms with Crippen molar-refractivity contribution >= 4 is 0 Å². The van der Waals surface area contributed by atoms with Crippen LogP contribution in [-0.4, -0.2) is 6.04 Å². The van der Waals surface area contributed by atoms with E-state index in [2.05, 4.69) is 80.7 Å². The lowest BCUT2D eigenvalue weighted by Gasteiger charge is -2.20. The summed E-state index contributed by atoms with van der Waals surface area (Å²) in [6.07, 6.45) is 2.30. The van der Waals surface area contributed by atoms with Crippen molar-refractivity contribution in [3.05, 3.63) is 71.3 Å². The molecule has 1 heteroatoms. The van der Waals surface area contributed by atoms with Crippen LogP contribution in [0.15, 0.2) is 54.6 Å². The minimum Gasteiger partial charge on any atom is -0.308 e. The molecule has 0 saturated carbocycles. The van der Waals surface area contributed by atoms with E-state index < -0.39 is 0 Å². The molecule has 0 fully saturated rings. The predicted octanol–water partition coefficient (Wildman–Crippen LogP) is 4.67. The van der Waals surface area contributed by atoms with E-state index in [-0.39, 0.29) is 0 Å². The lowest BCUT2D eigenvalue weighted by Crippen LogP contribution is -2.29. The minimum atomic E-state index is 0.407. The highest BCUT2D eigenvalue weighted by Crippen LogP contribution is 2.14. The van der Waals surface area contributed by atoms with Gasteiger partial charge in [-0.1, -0.05) is 60.2 Å². The van der Waals surface area contributed by atoms with Crippen molar-refractivity contribution in [3.8, 4) is 0 Å². The summed E-state index contributed by atoms with van der Waals surface area (Å²) in [7, 11) is 0. The summed E-state index contributed by atoms with van der Waals surface area (Å²) in [5.41, 5.74) is 4.11. The summed E-state index contributed by atoms with van der Waals surface area (Å²) in [6, 6.07) is 20.4. The van der Waals surface area contributed by atoms with Crippen molar-refractivity contribution in [3.63, 3.8) is 0 Å². The van der Waals surface area contributed by atoms with Gasteiger partial charge in [-0.05, 0) is 44.7 Å². The van der Waals surface area contributed by atoms with Gasteiger partial charge in [-0.2, -0.15) is 0 Å². The van der Waals surface area contributed by atoms with Gasteiger partial charge in [0, 0.05) is 12.1 Å². The number of hydrogen-bond acceptors (Lipinski definition) is 1. The third kappa shape index (κ3) is 4.50. The molecule has 2 atom stereocenters. The zero-order valence-corrected chi connectivity index (χ0v) is 12.8. The molecule has 0 aromatic heterocycles. The Balaban J connectivity index is 1.80. The summed E-state index contributed by atoms with van der Waals surface area (Å²) in [4.78, 5) is 0. The quantitative estimate of drug-likeness (QED) is 0.802. The molecule has 0 bridgehead atoms. The third-order valence-electron chi connectivity index (χ3n) is 3.82. The molecule has 0 heterocycles. The average molecular weight is 267 g/mol. The van der Waals surface area contributed by atoms with E-state index in [1.54, 1.807) is 0 Å². The summed E-state index contributed by atoms with van der Waals surface area (Å²) >= 11 is 0. The van der Waals surface area contributed by atoms with Gasteiger partial charge in [0.1, 0.15) is 0 Å². The molecule has 0 radical (unpaired) electrons. The number of nitrogens with one attached hydrogen (secondary N) is 1. The standard InChI is InChI=1S/C19H25N/c1-15-9-12-18(13-10-15)14-11-16(2)20-17(3)19-7-5-4-6-8-19/h4-10,12-13,16-17,20H,11,14H2,1-3H3/t16-,17+/m1/s1. The number of hydrogen-bond donors (Lipinski definition) is 1. The van der Waals surface area contributed by atoms with E-state index in [9.17, 15) is 0 Å². The Kier molecular flexibility index (Phi) is 5.37. The molecule has 106 valence electrons.